The van der Waals surface area contributed by atoms with Gasteiger partial charge in [0.1, 0.15) is 35.2 Å². The van der Waals surface area contributed by atoms with Gasteiger partial charge in [0, 0.05) is 29.5 Å². The lowest BCUT2D eigenvalue weighted by molar-refractivity contribution is -0.389. The number of ether oxygens (including phenoxy) is 1. The molecule has 0 radical (unpaired) electrons. The molecule has 4 atom stereocenters. The third-order valence-corrected chi connectivity index (χ3v) is 5.98. The fraction of sp³-hybridized carbons (Fsp3) is 0.353. The van der Waals surface area contributed by atoms with E-state index in [1.165, 1.54) is 17.2 Å². The molecule has 0 spiro atoms. The van der Waals surface area contributed by atoms with Gasteiger partial charge >= 0.3 is 0 Å². The standard InChI is InChI=1S/C17H16N6O8S/c24-4-11-13(25)14(26)17(31-11)21-7-20-12-15(21)18-6-19-16(12)32-5-8-3-9(22(27)28)1-2-10(8)23(29)30/h1-3,6-7,11,13-14,17,24-26H,4-5H2/t11-,13-,14-,17-/m1/s1. The highest BCUT2D eigenvalue weighted by molar-refractivity contribution is 7.98. The van der Waals surface area contributed by atoms with Crippen LogP contribution in [0.3, 0.4) is 0 Å². The maximum absolute atomic E-state index is 11.3. The molecule has 0 bridgehead atoms. The third kappa shape index (κ3) is 3.87. The highest BCUT2D eigenvalue weighted by atomic mass is 32.2. The lowest BCUT2D eigenvalue weighted by atomic mass is 10.1. The molecule has 3 heterocycles. The van der Waals surface area contributed by atoms with E-state index in [-0.39, 0.29) is 28.3 Å². The van der Waals surface area contributed by atoms with Gasteiger partial charge in [-0.05, 0) is 0 Å². The van der Waals surface area contributed by atoms with Crippen molar-refractivity contribution in [3.05, 3.63) is 56.6 Å². The molecule has 32 heavy (non-hydrogen) atoms. The van der Waals surface area contributed by atoms with E-state index in [1.807, 2.05) is 0 Å². The quantitative estimate of drug-likeness (QED) is 0.190. The van der Waals surface area contributed by atoms with E-state index in [0.717, 1.165) is 30.0 Å². The van der Waals surface area contributed by atoms with Crippen LogP contribution in [0.5, 0.6) is 0 Å². The number of nitrogens with zero attached hydrogens (tertiary/aromatic N) is 6. The zero-order valence-electron chi connectivity index (χ0n) is 16.1. The number of nitro benzene ring substituents is 2. The number of benzene rings is 1. The average Bonchev–Trinajstić information content (AvgIpc) is 3.33. The molecule has 15 heteroatoms. The number of aromatic nitrogens is 4. The normalized spacial score (nSPS) is 23.0. The molecule has 0 saturated carbocycles. The van der Waals surface area contributed by atoms with Crippen LogP contribution < -0.4 is 0 Å². The maximum Gasteiger partial charge on any atom is 0.273 e. The summed E-state index contributed by atoms with van der Waals surface area (Å²) < 4.78 is 6.89. The van der Waals surface area contributed by atoms with Crippen molar-refractivity contribution in [3.63, 3.8) is 0 Å². The zero-order valence-corrected chi connectivity index (χ0v) is 16.9. The molecule has 1 aromatic carbocycles. The Morgan fingerprint density at radius 3 is 2.56 bits per heavy atom. The Balaban J connectivity index is 1.63. The number of hydrogen-bond acceptors (Lipinski definition) is 12. The molecule has 168 valence electrons. The Morgan fingerprint density at radius 1 is 1.12 bits per heavy atom. The third-order valence-electron chi connectivity index (χ3n) is 4.95. The average molecular weight is 464 g/mol. The second-order valence-corrected chi connectivity index (χ2v) is 7.81. The summed E-state index contributed by atoms with van der Waals surface area (Å²) in [5.41, 5.74) is 0.191. The number of hydrogen-bond donors (Lipinski definition) is 3. The van der Waals surface area contributed by atoms with Crippen LogP contribution in [0, 0.1) is 20.2 Å². The molecule has 4 rings (SSSR count). The van der Waals surface area contributed by atoms with Gasteiger partial charge in [0.05, 0.1) is 22.8 Å². The summed E-state index contributed by atoms with van der Waals surface area (Å²) in [7, 11) is 0. The predicted octanol–water partition coefficient (Wildman–Crippen LogP) is 0.546. The summed E-state index contributed by atoms with van der Waals surface area (Å²) in [5, 5.41) is 52.2. The fourth-order valence-electron chi connectivity index (χ4n) is 3.36. The van der Waals surface area contributed by atoms with Crippen LogP contribution in [0.4, 0.5) is 11.4 Å². The number of non-ortho nitro benzene ring substituents is 1. The van der Waals surface area contributed by atoms with Crippen LogP contribution in [-0.2, 0) is 10.5 Å². The summed E-state index contributed by atoms with van der Waals surface area (Å²) in [6.07, 6.45) is -2.09. The smallest absolute Gasteiger partial charge is 0.273 e. The van der Waals surface area contributed by atoms with E-state index in [1.54, 1.807) is 0 Å². The number of aliphatic hydroxyl groups is 3. The van der Waals surface area contributed by atoms with Crippen molar-refractivity contribution in [2.24, 2.45) is 0 Å². The number of thioether (sulfide) groups is 1. The van der Waals surface area contributed by atoms with Crippen LogP contribution in [0.2, 0.25) is 0 Å². The van der Waals surface area contributed by atoms with E-state index in [0.29, 0.717) is 10.5 Å². The van der Waals surface area contributed by atoms with Gasteiger partial charge in [0.15, 0.2) is 11.9 Å². The van der Waals surface area contributed by atoms with Gasteiger partial charge in [0.2, 0.25) is 0 Å². The Labute approximate surface area is 182 Å². The van der Waals surface area contributed by atoms with Gasteiger partial charge in [-0.25, -0.2) is 15.0 Å². The Bertz CT molecular complexity index is 1190. The minimum atomic E-state index is -1.33. The highest BCUT2D eigenvalue weighted by Gasteiger charge is 2.44. The first-order valence-corrected chi connectivity index (χ1v) is 10.1. The van der Waals surface area contributed by atoms with Crippen molar-refractivity contribution >= 4 is 34.3 Å². The SMILES string of the molecule is O=[N+]([O-])c1ccc([N+](=O)[O-])c(CSc2ncnc3c2ncn3[C@@H]2O[C@H](CO)[C@@H](O)[C@H]2O)c1. The van der Waals surface area contributed by atoms with E-state index < -0.39 is 41.0 Å². The minimum Gasteiger partial charge on any atom is -0.394 e. The minimum absolute atomic E-state index is 0.00478. The number of fused-ring (bicyclic) bond motifs is 1. The molecule has 1 aliphatic rings. The Morgan fingerprint density at radius 2 is 1.91 bits per heavy atom. The second kappa shape index (κ2) is 8.71. The van der Waals surface area contributed by atoms with E-state index in [2.05, 4.69) is 15.0 Å². The van der Waals surface area contributed by atoms with Gasteiger partial charge in [-0.3, -0.25) is 24.8 Å². The molecule has 2 aromatic heterocycles. The molecule has 0 unspecified atom stereocenters. The van der Waals surface area contributed by atoms with E-state index in [4.69, 9.17) is 4.74 Å². The van der Waals surface area contributed by atoms with Crippen molar-refractivity contribution < 1.29 is 29.9 Å². The van der Waals surface area contributed by atoms with Crippen molar-refractivity contribution in [2.45, 2.75) is 35.3 Å². The van der Waals surface area contributed by atoms with Crippen molar-refractivity contribution in [1.82, 2.24) is 19.5 Å². The van der Waals surface area contributed by atoms with Crippen molar-refractivity contribution in [2.75, 3.05) is 6.61 Å². The van der Waals surface area contributed by atoms with E-state index >= 15 is 0 Å². The molecule has 0 amide bonds. The topological polar surface area (TPSA) is 200 Å². The summed E-state index contributed by atoms with van der Waals surface area (Å²) in [4.78, 5) is 33.6. The van der Waals surface area contributed by atoms with Gasteiger partial charge in [-0.15, -0.1) is 0 Å². The van der Waals surface area contributed by atoms with Crippen LogP contribution >= 0.6 is 11.8 Å². The summed E-state index contributed by atoms with van der Waals surface area (Å²) in [5.74, 6) is 0.00478. The summed E-state index contributed by atoms with van der Waals surface area (Å²) in [6.45, 7) is -0.487. The predicted molar refractivity (Wildman–Crippen MR) is 108 cm³/mol. The molecule has 3 N–H and O–H groups in total. The van der Waals surface area contributed by atoms with Crippen LogP contribution in [0.15, 0.2) is 35.9 Å². The Hall–Kier alpha value is -3.24. The lowest BCUT2D eigenvalue weighted by Gasteiger charge is -2.16. The molecule has 1 fully saturated rings. The first kappa shape index (κ1) is 22.0. The monoisotopic (exact) mass is 464 g/mol. The number of rotatable bonds is 7. The number of aliphatic hydroxyl groups excluding tert-OH is 3. The van der Waals surface area contributed by atoms with Crippen LogP contribution in [0.1, 0.15) is 11.8 Å². The van der Waals surface area contributed by atoms with Gasteiger partial charge in [-0.2, -0.15) is 0 Å². The molecule has 1 saturated heterocycles. The second-order valence-electron chi connectivity index (χ2n) is 6.85. The molecule has 0 aliphatic carbocycles. The molecule has 1 aliphatic heterocycles. The summed E-state index contributed by atoms with van der Waals surface area (Å²) >= 11 is 1.07. The molecular formula is C17H16N6O8S. The highest BCUT2D eigenvalue weighted by Crippen LogP contribution is 2.35. The maximum atomic E-state index is 11.3. The Kier molecular flexibility index (Phi) is 5.98. The van der Waals surface area contributed by atoms with E-state index in [9.17, 15) is 35.5 Å². The van der Waals surface area contributed by atoms with Gasteiger partial charge in [0.25, 0.3) is 11.4 Å². The van der Waals surface area contributed by atoms with Crippen molar-refractivity contribution in [3.8, 4) is 0 Å². The molecular weight excluding hydrogens is 448 g/mol. The van der Waals surface area contributed by atoms with Gasteiger partial charge in [-0.1, -0.05) is 11.8 Å². The largest absolute Gasteiger partial charge is 0.394 e. The van der Waals surface area contributed by atoms with Crippen LogP contribution in [-0.4, -0.2) is 69.6 Å². The molecule has 3 aromatic rings. The summed E-state index contributed by atoms with van der Waals surface area (Å²) in [6, 6.07) is 3.29. The fourth-order valence-corrected chi connectivity index (χ4v) is 4.28. The van der Waals surface area contributed by atoms with Crippen LogP contribution in [0.25, 0.3) is 11.2 Å². The van der Waals surface area contributed by atoms with Crippen molar-refractivity contribution in [1.29, 1.82) is 0 Å². The number of imidazole rings is 1. The first-order valence-electron chi connectivity index (χ1n) is 9.16. The zero-order chi connectivity index (χ0) is 23.0. The number of nitro groups is 2. The van der Waals surface area contributed by atoms with Gasteiger partial charge < -0.3 is 20.1 Å². The first-order chi connectivity index (χ1) is 15.3. The molecule has 14 nitrogen and oxygen atoms in total. The lowest BCUT2D eigenvalue weighted by Crippen LogP contribution is -2.33.